The third-order valence-corrected chi connectivity index (χ3v) is 6.53. The highest BCUT2D eigenvalue weighted by molar-refractivity contribution is 8.03. The molecule has 2 heterocycles. The monoisotopic (exact) mass is 501 g/mol. The summed E-state index contributed by atoms with van der Waals surface area (Å²) in [5, 5.41) is 16.9. The third-order valence-electron chi connectivity index (χ3n) is 5.11. The molecule has 0 unspecified atom stereocenters. The van der Waals surface area contributed by atoms with Gasteiger partial charge in [-0.05, 0) is 43.7 Å². The highest BCUT2D eigenvalue weighted by Gasteiger charge is 2.37. The molecule has 2 aromatic rings. The van der Waals surface area contributed by atoms with Crippen molar-refractivity contribution in [1.82, 2.24) is 5.32 Å². The second-order valence-electron chi connectivity index (χ2n) is 7.34. The van der Waals surface area contributed by atoms with Gasteiger partial charge in [0.2, 0.25) is 5.91 Å². The molecule has 1 aliphatic heterocycles. The standard InChI is InChI=1S/C24H24ClN3O5S/c1-14-17(25)6-4-7-18(14)28-20(29)13-34-23-16(12-26)22(19-8-5-9-32-19)21(15(2)27-23)24(30)33-11-10-31-3/h4-9,22,27H,10-11,13H2,1-3H3,(H,28,29)/t22-/m0/s1. The first-order valence-corrected chi connectivity index (χ1v) is 11.7. The van der Waals surface area contributed by atoms with Crippen molar-refractivity contribution >= 4 is 40.9 Å². The van der Waals surface area contributed by atoms with Gasteiger partial charge in [-0.3, -0.25) is 4.79 Å². The molecule has 1 aromatic carbocycles. The molecule has 8 nitrogen and oxygen atoms in total. The number of thioether (sulfide) groups is 1. The maximum Gasteiger partial charge on any atom is 0.336 e. The fourth-order valence-corrected chi connectivity index (χ4v) is 4.47. The number of allylic oxidation sites excluding steroid dienone is 2. The van der Waals surface area contributed by atoms with E-state index in [1.165, 1.54) is 13.4 Å². The van der Waals surface area contributed by atoms with Crippen molar-refractivity contribution in [3.8, 4) is 6.07 Å². The van der Waals surface area contributed by atoms with Crippen molar-refractivity contribution in [2.45, 2.75) is 19.8 Å². The van der Waals surface area contributed by atoms with Gasteiger partial charge in [0.1, 0.15) is 12.4 Å². The van der Waals surface area contributed by atoms with Crippen LogP contribution in [0.1, 0.15) is 24.2 Å². The molecular weight excluding hydrogens is 478 g/mol. The minimum absolute atomic E-state index is 0.0330. The van der Waals surface area contributed by atoms with E-state index < -0.39 is 11.9 Å². The molecule has 1 aliphatic rings. The molecule has 1 aromatic heterocycles. The van der Waals surface area contributed by atoms with Gasteiger partial charge in [0.25, 0.3) is 0 Å². The Morgan fingerprint density at radius 2 is 2.06 bits per heavy atom. The van der Waals surface area contributed by atoms with Gasteiger partial charge in [-0.1, -0.05) is 29.4 Å². The number of carbonyl (C=O) groups is 2. The number of methoxy groups -OCH3 is 1. The number of esters is 1. The van der Waals surface area contributed by atoms with E-state index in [1.807, 2.05) is 6.92 Å². The van der Waals surface area contributed by atoms with Crippen molar-refractivity contribution in [2.24, 2.45) is 0 Å². The van der Waals surface area contributed by atoms with E-state index in [2.05, 4.69) is 16.7 Å². The average molecular weight is 502 g/mol. The Balaban J connectivity index is 1.82. The molecule has 0 saturated heterocycles. The van der Waals surface area contributed by atoms with Crippen LogP contribution in [0.15, 0.2) is 62.9 Å². The minimum atomic E-state index is -0.767. The van der Waals surface area contributed by atoms with Crippen molar-refractivity contribution in [1.29, 1.82) is 5.26 Å². The van der Waals surface area contributed by atoms with Gasteiger partial charge in [0, 0.05) is 23.5 Å². The molecule has 0 spiro atoms. The van der Waals surface area contributed by atoms with Crippen LogP contribution in [-0.4, -0.2) is 38.0 Å². The number of amides is 1. The fraction of sp³-hybridized carbons (Fsp3) is 0.292. The first-order chi connectivity index (χ1) is 16.4. The number of carbonyl (C=O) groups excluding carboxylic acids is 2. The van der Waals surface area contributed by atoms with Crippen LogP contribution in [0.5, 0.6) is 0 Å². The van der Waals surface area contributed by atoms with Gasteiger partial charge in [-0.25, -0.2) is 4.79 Å². The van der Waals surface area contributed by atoms with Crippen LogP contribution >= 0.6 is 23.4 Å². The predicted molar refractivity (Wildman–Crippen MR) is 130 cm³/mol. The van der Waals surface area contributed by atoms with E-state index in [9.17, 15) is 14.9 Å². The summed E-state index contributed by atoms with van der Waals surface area (Å²) in [6.07, 6.45) is 1.48. The van der Waals surface area contributed by atoms with Crippen LogP contribution < -0.4 is 10.6 Å². The van der Waals surface area contributed by atoms with Crippen LogP contribution in [0.25, 0.3) is 0 Å². The molecular formula is C24H24ClN3O5S. The molecule has 178 valence electrons. The average Bonchev–Trinajstić information content (AvgIpc) is 3.35. The van der Waals surface area contributed by atoms with Crippen molar-refractivity contribution in [3.05, 3.63) is 74.8 Å². The molecule has 34 heavy (non-hydrogen) atoms. The number of benzene rings is 1. The first-order valence-electron chi connectivity index (χ1n) is 10.4. The summed E-state index contributed by atoms with van der Waals surface area (Å²) in [5.41, 5.74) is 2.43. The molecule has 1 atom stereocenters. The molecule has 0 radical (unpaired) electrons. The summed E-state index contributed by atoms with van der Waals surface area (Å²) >= 11 is 7.29. The summed E-state index contributed by atoms with van der Waals surface area (Å²) in [7, 11) is 1.51. The highest BCUT2D eigenvalue weighted by Crippen LogP contribution is 2.41. The Morgan fingerprint density at radius 1 is 1.26 bits per heavy atom. The summed E-state index contributed by atoms with van der Waals surface area (Å²) < 4.78 is 15.8. The zero-order chi connectivity index (χ0) is 24.7. The zero-order valence-electron chi connectivity index (χ0n) is 18.9. The number of ether oxygens (including phenoxy) is 2. The number of hydrogen-bond acceptors (Lipinski definition) is 8. The van der Waals surface area contributed by atoms with Crippen LogP contribution in [0, 0.1) is 18.3 Å². The number of nitrogens with one attached hydrogen (secondary N) is 2. The van der Waals surface area contributed by atoms with Crippen LogP contribution in [0.4, 0.5) is 5.69 Å². The molecule has 2 N–H and O–H groups in total. The van der Waals surface area contributed by atoms with Crippen LogP contribution in [0.2, 0.25) is 5.02 Å². The Morgan fingerprint density at radius 3 is 2.74 bits per heavy atom. The van der Waals surface area contributed by atoms with Crippen molar-refractivity contribution in [3.63, 3.8) is 0 Å². The second-order valence-corrected chi connectivity index (χ2v) is 8.74. The van der Waals surface area contributed by atoms with Crippen molar-refractivity contribution < 1.29 is 23.5 Å². The Bertz CT molecular complexity index is 1170. The summed E-state index contributed by atoms with van der Waals surface area (Å²) in [6.45, 7) is 3.86. The van der Waals surface area contributed by atoms with Gasteiger partial charge in [-0.15, -0.1) is 0 Å². The van der Waals surface area contributed by atoms with Gasteiger partial charge >= 0.3 is 5.97 Å². The summed E-state index contributed by atoms with van der Waals surface area (Å²) in [5.74, 6) is -1.15. The Hall–Kier alpha value is -3.19. The zero-order valence-corrected chi connectivity index (χ0v) is 20.5. The number of rotatable bonds is 9. The highest BCUT2D eigenvalue weighted by atomic mass is 35.5. The fourth-order valence-electron chi connectivity index (χ4n) is 3.40. The summed E-state index contributed by atoms with van der Waals surface area (Å²) in [4.78, 5) is 25.5. The largest absolute Gasteiger partial charge is 0.468 e. The van der Waals surface area contributed by atoms with Crippen molar-refractivity contribution in [2.75, 3.05) is 31.4 Å². The number of nitriles is 1. The van der Waals surface area contributed by atoms with Gasteiger partial charge < -0.3 is 24.5 Å². The molecule has 3 rings (SSSR count). The predicted octanol–water partition coefficient (Wildman–Crippen LogP) is 4.50. The molecule has 0 aliphatic carbocycles. The third kappa shape index (κ3) is 5.83. The molecule has 1 amide bonds. The minimum Gasteiger partial charge on any atom is -0.468 e. The van der Waals surface area contributed by atoms with Crippen LogP contribution in [-0.2, 0) is 19.1 Å². The lowest BCUT2D eigenvalue weighted by Gasteiger charge is -2.27. The maximum atomic E-state index is 12.9. The van der Waals surface area contributed by atoms with E-state index in [1.54, 1.807) is 37.3 Å². The Labute approximate surface area is 206 Å². The molecule has 0 saturated carbocycles. The normalized spacial score (nSPS) is 15.6. The number of furan rings is 1. The van der Waals surface area contributed by atoms with Crippen LogP contribution in [0.3, 0.4) is 0 Å². The Kier molecular flexibility index (Phi) is 8.82. The molecule has 0 bridgehead atoms. The van der Waals surface area contributed by atoms with E-state index in [0.29, 0.717) is 27.2 Å². The lowest BCUT2D eigenvalue weighted by Crippen LogP contribution is -2.29. The smallest absolute Gasteiger partial charge is 0.336 e. The summed E-state index contributed by atoms with van der Waals surface area (Å²) in [6, 6.07) is 10.8. The van der Waals surface area contributed by atoms with E-state index >= 15 is 0 Å². The first kappa shape index (κ1) is 25.4. The van der Waals surface area contributed by atoms with E-state index in [4.69, 9.17) is 25.5 Å². The number of halogens is 1. The van der Waals surface area contributed by atoms with Gasteiger partial charge in [0.15, 0.2) is 0 Å². The topological polar surface area (TPSA) is 114 Å². The quantitative estimate of drug-likeness (QED) is 0.381. The number of hydrogen-bond donors (Lipinski definition) is 2. The SMILES string of the molecule is COCCOC(=O)C1=C(C)NC(SCC(=O)Nc2cccc(Cl)c2C)=C(C#N)[C@H]1c1ccco1. The van der Waals surface area contributed by atoms with Gasteiger partial charge in [-0.2, -0.15) is 5.26 Å². The molecule has 10 heteroatoms. The number of dihydropyridines is 1. The van der Waals surface area contributed by atoms with E-state index in [0.717, 1.165) is 17.3 Å². The van der Waals surface area contributed by atoms with Gasteiger partial charge in [0.05, 0.1) is 46.8 Å². The lowest BCUT2D eigenvalue weighted by atomic mass is 9.86. The maximum absolute atomic E-state index is 12.9. The molecule has 0 fully saturated rings. The lowest BCUT2D eigenvalue weighted by molar-refractivity contribution is -0.140. The number of nitrogens with zero attached hydrogens (tertiary/aromatic N) is 1. The number of anilines is 1. The van der Waals surface area contributed by atoms with E-state index in [-0.39, 0.29) is 36.0 Å². The second kappa shape index (κ2) is 11.8.